The first kappa shape index (κ1) is 28.5. The molecule has 206 valence electrons. The number of carbonyl (C=O) groups is 2. The highest BCUT2D eigenvalue weighted by atomic mass is 32.2. The van der Waals surface area contributed by atoms with Crippen LogP contribution in [0, 0.1) is 0 Å². The van der Waals surface area contributed by atoms with Crippen molar-refractivity contribution in [1.82, 2.24) is 16.0 Å². The first-order valence-electron chi connectivity index (χ1n) is 11.9. The van der Waals surface area contributed by atoms with Crippen molar-refractivity contribution >= 4 is 51.1 Å². The number of ether oxygens (including phenoxy) is 1. The molecule has 0 radical (unpaired) electrons. The molecule has 3 atom stereocenters. The van der Waals surface area contributed by atoms with Crippen LogP contribution in [0.25, 0.3) is 0 Å². The molecule has 0 spiro atoms. The van der Waals surface area contributed by atoms with E-state index in [1.165, 1.54) is 19.2 Å². The van der Waals surface area contributed by atoms with Gasteiger partial charge in [0.2, 0.25) is 5.91 Å². The predicted molar refractivity (Wildman–Crippen MR) is 153 cm³/mol. The third-order valence-electron chi connectivity index (χ3n) is 5.84. The van der Waals surface area contributed by atoms with Crippen LogP contribution in [-0.2, 0) is 32.7 Å². The van der Waals surface area contributed by atoms with Gasteiger partial charge in [0, 0.05) is 17.0 Å². The molecule has 1 unspecified atom stereocenters. The molecule has 1 aliphatic rings. The number of alkyl carbamates (subject to hydrolysis) is 1. The van der Waals surface area contributed by atoms with Crippen LogP contribution in [0.3, 0.4) is 0 Å². The van der Waals surface area contributed by atoms with Crippen molar-refractivity contribution in [2.75, 3.05) is 11.8 Å². The smallest absolute Gasteiger partial charge is 0.407 e. The maximum absolute atomic E-state index is 13.5. The molecule has 0 aliphatic carbocycles. The number of rotatable bonds is 11. The first-order valence-corrected chi connectivity index (χ1v) is 15.1. The largest absolute Gasteiger partial charge is 0.453 e. The minimum Gasteiger partial charge on any atom is -0.453 e. The van der Waals surface area contributed by atoms with Crippen molar-refractivity contribution < 1.29 is 27.3 Å². The summed E-state index contributed by atoms with van der Waals surface area (Å²) in [5, 5.41) is 13.2. The summed E-state index contributed by atoms with van der Waals surface area (Å²) >= 11 is 3.23. The second-order valence-corrected chi connectivity index (χ2v) is 11.8. The molecule has 0 saturated heterocycles. The summed E-state index contributed by atoms with van der Waals surface area (Å²) in [5.74, 6) is -0.383. The summed E-state index contributed by atoms with van der Waals surface area (Å²) in [6, 6.07) is 18.5. The molecule has 3 aromatic rings. The summed E-state index contributed by atoms with van der Waals surface area (Å²) in [5.41, 5.74) is 2.70. The zero-order chi connectivity index (χ0) is 27.8. The first-order chi connectivity index (χ1) is 18.7. The fraction of sp³-hybridized carbons (Fsp3) is 0.231. The van der Waals surface area contributed by atoms with Crippen molar-refractivity contribution in [3.05, 3.63) is 99.2 Å². The van der Waals surface area contributed by atoms with Crippen LogP contribution >= 0.6 is 23.1 Å². The van der Waals surface area contributed by atoms with Crippen molar-refractivity contribution in [1.29, 1.82) is 0 Å². The van der Waals surface area contributed by atoms with E-state index in [2.05, 4.69) is 16.0 Å². The van der Waals surface area contributed by atoms with Gasteiger partial charge in [-0.1, -0.05) is 48.5 Å². The van der Waals surface area contributed by atoms with E-state index in [-0.39, 0.29) is 23.4 Å². The Morgan fingerprint density at radius 1 is 1.00 bits per heavy atom. The lowest BCUT2D eigenvalue weighted by molar-refractivity contribution is -0.123. The Balaban J connectivity index is 1.54. The van der Waals surface area contributed by atoms with Crippen LogP contribution in [0.1, 0.15) is 21.4 Å². The van der Waals surface area contributed by atoms with Gasteiger partial charge in [0.1, 0.15) is 11.4 Å². The Hall–Kier alpha value is -3.52. The SMILES string of the molecule is COC(=O)N[C@@H](Cc1ccccc1)C(=O)N[C@@H](Cc1ccc(NS(=O)(=O)O)cc1)C1=CSC(c2cccs2)N1. The number of anilines is 1. The lowest BCUT2D eigenvalue weighted by atomic mass is 10.0. The van der Waals surface area contributed by atoms with E-state index in [1.54, 1.807) is 35.2 Å². The van der Waals surface area contributed by atoms with E-state index in [4.69, 9.17) is 9.29 Å². The third-order valence-corrected chi connectivity index (χ3v) is 8.45. The van der Waals surface area contributed by atoms with Gasteiger partial charge in [-0.25, -0.2) is 4.79 Å². The summed E-state index contributed by atoms with van der Waals surface area (Å²) < 4.78 is 38.0. The van der Waals surface area contributed by atoms with Gasteiger partial charge in [-0.05, 0) is 46.5 Å². The van der Waals surface area contributed by atoms with Gasteiger partial charge in [-0.3, -0.25) is 14.1 Å². The number of hydrogen-bond donors (Lipinski definition) is 5. The Morgan fingerprint density at radius 3 is 2.36 bits per heavy atom. The summed E-state index contributed by atoms with van der Waals surface area (Å²) in [6.45, 7) is 0. The number of methoxy groups -OCH3 is 1. The molecular formula is C26H28N4O6S3. The average molecular weight is 589 g/mol. The Kier molecular flexibility index (Phi) is 9.51. The molecular weight excluding hydrogens is 561 g/mol. The standard InChI is InChI=1S/C26H28N4O6S3/c1-36-26(32)29-21(15-17-6-3-2-4-7-17)24(31)27-20(22-16-38-25(28-22)23-8-5-13-37-23)14-18-9-11-19(12-10-18)30-39(33,34)35/h2-13,16,20-21,25,28,30H,14-15H2,1H3,(H,27,31)(H,29,32)(H,33,34,35)/t20-,21-,25?/m0/s1. The molecule has 0 fully saturated rings. The fourth-order valence-corrected chi connectivity index (χ4v) is 6.34. The van der Waals surface area contributed by atoms with E-state index in [0.29, 0.717) is 6.42 Å². The molecule has 13 heteroatoms. The molecule has 4 rings (SSSR count). The number of nitrogens with one attached hydrogen (secondary N) is 4. The van der Waals surface area contributed by atoms with Crippen LogP contribution in [0.2, 0.25) is 0 Å². The average Bonchev–Trinajstić information content (AvgIpc) is 3.61. The molecule has 0 saturated carbocycles. The molecule has 2 heterocycles. The van der Waals surface area contributed by atoms with Gasteiger partial charge < -0.3 is 20.7 Å². The van der Waals surface area contributed by atoms with E-state index >= 15 is 0 Å². The van der Waals surface area contributed by atoms with E-state index in [0.717, 1.165) is 21.7 Å². The number of thioether (sulfide) groups is 1. The minimum absolute atomic E-state index is 0.00838. The topological polar surface area (TPSA) is 146 Å². The Bertz CT molecular complexity index is 1400. The fourth-order valence-electron chi connectivity index (χ4n) is 3.99. The Labute approximate surface area is 235 Å². The third kappa shape index (κ3) is 8.48. The summed E-state index contributed by atoms with van der Waals surface area (Å²) in [7, 11) is -3.15. The van der Waals surface area contributed by atoms with Crippen LogP contribution in [0.4, 0.5) is 10.5 Å². The highest BCUT2D eigenvalue weighted by molar-refractivity contribution is 8.02. The number of benzene rings is 2. The molecule has 10 nitrogen and oxygen atoms in total. The minimum atomic E-state index is -4.39. The molecule has 1 aromatic heterocycles. The van der Waals surface area contributed by atoms with Gasteiger partial charge in [0.15, 0.2) is 0 Å². The van der Waals surface area contributed by atoms with Gasteiger partial charge in [0.05, 0.1) is 18.8 Å². The highest BCUT2D eigenvalue weighted by Gasteiger charge is 2.29. The number of carbonyl (C=O) groups excluding carboxylic acids is 2. The molecule has 39 heavy (non-hydrogen) atoms. The van der Waals surface area contributed by atoms with Crippen molar-refractivity contribution in [3.63, 3.8) is 0 Å². The van der Waals surface area contributed by atoms with Gasteiger partial charge in [-0.15, -0.1) is 23.1 Å². The second-order valence-electron chi connectivity index (χ2n) is 8.67. The number of amides is 2. The lowest BCUT2D eigenvalue weighted by Crippen LogP contribution is -2.52. The lowest BCUT2D eigenvalue weighted by Gasteiger charge is -2.25. The molecule has 5 N–H and O–H groups in total. The van der Waals surface area contributed by atoms with Crippen LogP contribution < -0.4 is 20.7 Å². The van der Waals surface area contributed by atoms with Crippen LogP contribution in [0.5, 0.6) is 0 Å². The van der Waals surface area contributed by atoms with E-state index < -0.39 is 28.5 Å². The zero-order valence-corrected chi connectivity index (χ0v) is 23.3. The molecule has 2 aromatic carbocycles. The van der Waals surface area contributed by atoms with Crippen molar-refractivity contribution in [2.24, 2.45) is 0 Å². The van der Waals surface area contributed by atoms with E-state index in [9.17, 15) is 18.0 Å². The second kappa shape index (κ2) is 13.0. The maximum atomic E-state index is 13.5. The molecule has 1 aliphatic heterocycles. The van der Waals surface area contributed by atoms with Gasteiger partial charge in [0.25, 0.3) is 0 Å². The van der Waals surface area contributed by atoms with Crippen molar-refractivity contribution in [2.45, 2.75) is 30.3 Å². The monoisotopic (exact) mass is 588 g/mol. The van der Waals surface area contributed by atoms with Crippen LogP contribution in [0.15, 0.2) is 83.2 Å². The van der Waals surface area contributed by atoms with Gasteiger partial charge in [-0.2, -0.15) is 8.42 Å². The van der Waals surface area contributed by atoms with E-state index in [1.807, 2.05) is 58.0 Å². The van der Waals surface area contributed by atoms with Crippen molar-refractivity contribution in [3.8, 4) is 0 Å². The number of hydrogen-bond acceptors (Lipinski definition) is 8. The summed E-state index contributed by atoms with van der Waals surface area (Å²) in [4.78, 5) is 26.7. The molecule has 0 bridgehead atoms. The maximum Gasteiger partial charge on any atom is 0.407 e. The zero-order valence-electron chi connectivity index (χ0n) is 20.9. The van der Waals surface area contributed by atoms with Gasteiger partial charge >= 0.3 is 16.4 Å². The predicted octanol–water partition coefficient (Wildman–Crippen LogP) is 3.83. The van der Waals surface area contributed by atoms with Crippen LogP contribution in [-0.4, -0.2) is 44.2 Å². The highest BCUT2D eigenvalue weighted by Crippen LogP contribution is 2.37. The summed E-state index contributed by atoms with van der Waals surface area (Å²) in [6.07, 6.45) is -0.0649. The number of thiophene rings is 1. The normalized spacial score (nSPS) is 16.4. The molecule has 2 amide bonds. The Morgan fingerprint density at radius 2 is 1.72 bits per heavy atom. The quantitative estimate of drug-likeness (QED) is 0.213.